The summed E-state index contributed by atoms with van der Waals surface area (Å²) in [5.74, 6) is 0.0657. The monoisotopic (exact) mass is 358 g/mol. The molecule has 126 valence electrons. The number of hydrogen-bond acceptors (Lipinski definition) is 5. The standard InChI is InChI=1S/C21H14N2O2S/c24-19(11-8-16-4-1-3-15-5-2-12-22-20(15)16)25-18-9-6-17(7-10-18)21-23-13-14-26-21/h1-14H/b11-8+. The number of rotatable bonds is 4. The summed E-state index contributed by atoms with van der Waals surface area (Å²) in [6.45, 7) is 0. The minimum atomic E-state index is -0.431. The van der Waals surface area contributed by atoms with Crippen molar-refractivity contribution in [3.63, 3.8) is 0 Å². The topological polar surface area (TPSA) is 52.1 Å². The van der Waals surface area contributed by atoms with E-state index >= 15 is 0 Å². The lowest BCUT2D eigenvalue weighted by molar-refractivity contribution is -0.128. The van der Waals surface area contributed by atoms with Gasteiger partial charge in [0.15, 0.2) is 0 Å². The third-order valence-electron chi connectivity index (χ3n) is 3.81. The lowest BCUT2D eigenvalue weighted by Gasteiger charge is -2.03. The van der Waals surface area contributed by atoms with Crippen molar-refractivity contribution in [2.45, 2.75) is 0 Å². The Kier molecular flexibility index (Phi) is 4.53. The summed E-state index contributed by atoms with van der Waals surface area (Å²) in [5.41, 5.74) is 2.73. The van der Waals surface area contributed by atoms with E-state index in [0.717, 1.165) is 27.0 Å². The number of para-hydroxylation sites is 1. The lowest BCUT2D eigenvalue weighted by Crippen LogP contribution is -2.03. The van der Waals surface area contributed by atoms with Crippen LogP contribution in [0, 0.1) is 0 Å². The molecule has 0 saturated heterocycles. The molecule has 2 heterocycles. The first-order valence-corrected chi connectivity index (χ1v) is 8.91. The number of hydrogen-bond donors (Lipinski definition) is 0. The molecule has 0 aliphatic rings. The van der Waals surface area contributed by atoms with Crippen LogP contribution in [0.25, 0.3) is 27.6 Å². The SMILES string of the molecule is O=C(/C=C/c1cccc2cccnc12)Oc1ccc(-c2nccs2)cc1. The normalized spacial score (nSPS) is 11.1. The van der Waals surface area contributed by atoms with Crippen molar-refractivity contribution >= 4 is 34.3 Å². The summed E-state index contributed by atoms with van der Waals surface area (Å²) in [4.78, 5) is 20.7. The van der Waals surface area contributed by atoms with Crippen LogP contribution < -0.4 is 4.74 Å². The summed E-state index contributed by atoms with van der Waals surface area (Å²) in [6.07, 6.45) is 6.64. The number of benzene rings is 2. The molecule has 0 fully saturated rings. The van der Waals surface area contributed by atoms with Gasteiger partial charge >= 0.3 is 5.97 Å². The van der Waals surface area contributed by atoms with Crippen molar-refractivity contribution in [1.29, 1.82) is 0 Å². The Morgan fingerprint density at radius 2 is 1.81 bits per heavy atom. The van der Waals surface area contributed by atoms with Gasteiger partial charge in [-0.1, -0.05) is 24.3 Å². The Hall–Kier alpha value is -3.31. The highest BCUT2D eigenvalue weighted by atomic mass is 32.1. The van der Waals surface area contributed by atoms with Gasteiger partial charge in [-0.15, -0.1) is 11.3 Å². The number of carbonyl (C=O) groups is 1. The third kappa shape index (κ3) is 3.53. The van der Waals surface area contributed by atoms with Crippen molar-refractivity contribution in [1.82, 2.24) is 9.97 Å². The molecular formula is C21H14N2O2S. The van der Waals surface area contributed by atoms with Crippen LogP contribution in [0.5, 0.6) is 5.75 Å². The largest absolute Gasteiger partial charge is 0.423 e. The second kappa shape index (κ2) is 7.29. The molecule has 0 atom stereocenters. The molecule has 0 amide bonds. The van der Waals surface area contributed by atoms with Crippen LogP contribution in [0.15, 0.2) is 78.4 Å². The summed E-state index contributed by atoms with van der Waals surface area (Å²) >= 11 is 1.57. The van der Waals surface area contributed by atoms with Gasteiger partial charge in [0.2, 0.25) is 0 Å². The molecule has 0 N–H and O–H groups in total. The van der Waals surface area contributed by atoms with Crippen molar-refractivity contribution < 1.29 is 9.53 Å². The van der Waals surface area contributed by atoms with Gasteiger partial charge in [0, 0.05) is 40.4 Å². The molecule has 0 bridgehead atoms. The fourth-order valence-corrected chi connectivity index (χ4v) is 3.25. The van der Waals surface area contributed by atoms with E-state index in [0.29, 0.717) is 5.75 Å². The molecule has 4 nitrogen and oxygen atoms in total. The molecular weight excluding hydrogens is 344 g/mol. The van der Waals surface area contributed by atoms with E-state index in [-0.39, 0.29) is 0 Å². The van der Waals surface area contributed by atoms with Gasteiger partial charge < -0.3 is 4.74 Å². The first kappa shape index (κ1) is 16.2. The van der Waals surface area contributed by atoms with E-state index in [1.807, 2.05) is 47.8 Å². The summed E-state index contributed by atoms with van der Waals surface area (Å²) in [5, 5.41) is 3.89. The van der Waals surface area contributed by atoms with Gasteiger partial charge in [0.05, 0.1) is 5.52 Å². The Bertz CT molecular complexity index is 1070. The Labute approximate surface area is 154 Å². The number of esters is 1. The van der Waals surface area contributed by atoms with E-state index in [2.05, 4.69) is 9.97 Å². The van der Waals surface area contributed by atoms with Crippen LogP contribution in [0.3, 0.4) is 0 Å². The first-order valence-electron chi connectivity index (χ1n) is 8.03. The predicted molar refractivity (Wildman–Crippen MR) is 104 cm³/mol. The number of aromatic nitrogens is 2. The molecule has 0 spiro atoms. The summed E-state index contributed by atoms with van der Waals surface area (Å²) in [6, 6.07) is 17.0. The van der Waals surface area contributed by atoms with Gasteiger partial charge in [0.1, 0.15) is 10.8 Å². The van der Waals surface area contributed by atoms with Crippen LogP contribution in [0.1, 0.15) is 5.56 Å². The van der Waals surface area contributed by atoms with Crippen LogP contribution in [-0.4, -0.2) is 15.9 Å². The van der Waals surface area contributed by atoms with Crippen LogP contribution in [-0.2, 0) is 4.79 Å². The number of pyridine rings is 1. The Morgan fingerprint density at radius 1 is 0.962 bits per heavy atom. The van der Waals surface area contributed by atoms with Crippen LogP contribution in [0.4, 0.5) is 0 Å². The number of ether oxygens (including phenoxy) is 1. The van der Waals surface area contributed by atoms with Gasteiger partial charge in [0.25, 0.3) is 0 Å². The molecule has 0 aliphatic carbocycles. The van der Waals surface area contributed by atoms with Gasteiger partial charge in [-0.05, 0) is 36.4 Å². The molecule has 2 aromatic heterocycles. The molecule has 0 unspecified atom stereocenters. The van der Waals surface area contributed by atoms with Gasteiger partial charge in [-0.25, -0.2) is 9.78 Å². The summed E-state index contributed by atoms with van der Waals surface area (Å²) < 4.78 is 5.36. The van der Waals surface area contributed by atoms with Crippen molar-refractivity contribution in [2.75, 3.05) is 0 Å². The molecule has 0 aliphatic heterocycles. The zero-order chi connectivity index (χ0) is 17.8. The molecule has 2 aromatic carbocycles. The zero-order valence-corrected chi connectivity index (χ0v) is 14.5. The second-order valence-corrected chi connectivity index (χ2v) is 6.43. The average Bonchev–Trinajstić information content (AvgIpc) is 3.22. The molecule has 26 heavy (non-hydrogen) atoms. The molecule has 4 aromatic rings. The van der Waals surface area contributed by atoms with Gasteiger partial charge in [-0.3, -0.25) is 4.98 Å². The maximum Gasteiger partial charge on any atom is 0.336 e. The maximum absolute atomic E-state index is 12.1. The minimum absolute atomic E-state index is 0.431. The number of thiazole rings is 1. The van der Waals surface area contributed by atoms with Crippen LogP contribution in [0.2, 0.25) is 0 Å². The van der Waals surface area contributed by atoms with Crippen molar-refractivity contribution in [3.05, 3.63) is 84.0 Å². The fourth-order valence-electron chi connectivity index (χ4n) is 2.60. The highest BCUT2D eigenvalue weighted by Crippen LogP contribution is 2.24. The van der Waals surface area contributed by atoms with E-state index in [9.17, 15) is 4.79 Å². The van der Waals surface area contributed by atoms with Gasteiger partial charge in [-0.2, -0.15) is 0 Å². The van der Waals surface area contributed by atoms with E-state index < -0.39 is 5.97 Å². The van der Waals surface area contributed by atoms with E-state index in [1.165, 1.54) is 6.08 Å². The number of carbonyl (C=O) groups excluding carboxylic acids is 1. The highest BCUT2D eigenvalue weighted by Gasteiger charge is 2.04. The number of nitrogens with zero attached hydrogens (tertiary/aromatic N) is 2. The Balaban J connectivity index is 1.47. The minimum Gasteiger partial charge on any atom is -0.423 e. The predicted octanol–water partition coefficient (Wildman–Crippen LogP) is 4.98. The van der Waals surface area contributed by atoms with Crippen LogP contribution >= 0.6 is 11.3 Å². The van der Waals surface area contributed by atoms with Crippen molar-refractivity contribution in [3.8, 4) is 16.3 Å². The molecule has 0 radical (unpaired) electrons. The summed E-state index contributed by atoms with van der Waals surface area (Å²) in [7, 11) is 0. The van der Waals surface area contributed by atoms with E-state index in [1.54, 1.807) is 41.9 Å². The maximum atomic E-state index is 12.1. The quantitative estimate of drug-likeness (QED) is 0.293. The highest BCUT2D eigenvalue weighted by molar-refractivity contribution is 7.13. The van der Waals surface area contributed by atoms with Crippen molar-refractivity contribution in [2.24, 2.45) is 0 Å². The first-order chi connectivity index (χ1) is 12.8. The third-order valence-corrected chi connectivity index (χ3v) is 4.64. The second-order valence-electron chi connectivity index (χ2n) is 5.54. The Morgan fingerprint density at radius 3 is 2.62 bits per heavy atom. The smallest absolute Gasteiger partial charge is 0.336 e. The molecule has 4 rings (SSSR count). The average molecular weight is 358 g/mol. The molecule has 5 heteroatoms. The number of fused-ring (bicyclic) bond motifs is 1. The molecule has 0 saturated carbocycles. The van der Waals surface area contributed by atoms with E-state index in [4.69, 9.17) is 4.74 Å². The zero-order valence-electron chi connectivity index (χ0n) is 13.7. The lowest BCUT2D eigenvalue weighted by atomic mass is 10.1. The fraction of sp³-hybridized carbons (Fsp3) is 0.